The zero-order chi connectivity index (χ0) is 19.6. The van der Waals surface area contributed by atoms with Crippen molar-refractivity contribution in [3.8, 4) is 5.75 Å². The molecule has 0 aliphatic carbocycles. The Labute approximate surface area is 165 Å². The lowest BCUT2D eigenvalue weighted by Crippen LogP contribution is -2.31. The minimum atomic E-state index is -0.260. The maximum Gasteiger partial charge on any atom is 0.257 e. The highest BCUT2D eigenvalue weighted by Gasteiger charge is 2.13. The molecule has 1 aliphatic heterocycles. The molecule has 1 aromatic heterocycles. The Morgan fingerprint density at radius 1 is 1.11 bits per heavy atom. The maximum atomic E-state index is 12.2. The van der Waals surface area contributed by atoms with Gasteiger partial charge in [-0.05, 0) is 37.9 Å². The summed E-state index contributed by atoms with van der Waals surface area (Å²) in [6, 6.07) is 11.4. The molecule has 150 valence electrons. The van der Waals surface area contributed by atoms with Gasteiger partial charge in [-0.3, -0.25) is 14.5 Å². The van der Waals surface area contributed by atoms with E-state index in [9.17, 15) is 9.59 Å². The Morgan fingerprint density at radius 2 is 1.86 bits per heavy atom. The number of likely N-dealkylation sites (tertiary alicyclic amines) is 1. The second-order valence-corrected chi connectivity index (χ2v) is 7.14. The van der Waals surface area contributed by atoms with E-state index in [0.717, 1.165) is 25.1 Å². The molecule has 1 aliphatic rings. The van der Waals surface area contributed by atoms with E-state index in [1.54, 1.807) is 0 Å². The number of rotatable bonds is 8. The Hall–Kier alpha value is -2.60. The van der Waals surface area contributed by atoms with Crippen LogP contribution in [0.1, 0.15) is 37.0 Å². The number of amides is 1. The molecule has 0 atom stereocenters. The third-order valence-corrected chi connectivity index (χ3v) is 4.87. The summed E-state index contributed by atoms with van der Waals surface area (Å²) in [7, 11) is 0. The van der Waals surface area contributed by atoms with Gasteiger partial charge in [0.1, 0.15) is 12.0 Å². The normalized spacial score (nSPS) is 15.0. The zero-order valence-electron chi connectivity index (χ0n) is 16.2. The number of hydrogen-bond acceptors (Lipinski definition) is 5. The molecule has 0 spiro atoms. The van der Waals surface area contributed by atoms with Crippen LogP contribution in [0, 0.1) is 0 Å². The van der Waals surface area contributed by atoms with E-state index in [1.807, 2.05) is 30.3 Å². The summed E-state index contributed by atoms with van der Waals surface area (Å²) in [5, 5.41) is 2.79. The van der Waals surface area contributed by atoms with Crippen LogP contribution in [0.3, 0.4) is 0 Å². The van der Waals surface area contributed by atoms with Gasteiger partial charge < -0.3 is 14.5 Å². The number of ether oxygens (including phenoxy) is 1. The van der Waals surface area contributed by atoms with Crippen molar-refractivity contribution in [3.63, 3.8) is 0 Å². The summed E-state index contributed by atoms with van der Waals surface area (Å²) in [5.41, 5.74) is 0.900. The van der Waals surface area contributed by atoms with Crippen LogP contribution in [-0.2, 0) is 17.8 Å². The Balaban J connectivity index is 1.42. The van der Waals surface area contributed by atoms with Crippen LogP contribution >= 0.6 is 0 Å². The van der Waals surface area contributed by atoms with Gasteiger partial charge in [0.25, 0.3) is 5.91 Å². The van der Waals surface area contributed by atoms with Gasteiger partial charge in [-0.25, -0.2) is 0 Å². The number of nitrogens with one attached hydrogen (secondary N) is 1. The second-order valence-electron chi connectivity index (χ2n) is 7.14. The van der Waals surface area contributed by atoms with Crippen molar-refractivity contribution in [3.05, 3.63) is 64.2 Å². The highest BCUT2D eigenvalue weighted by molar-refractivity contribution is 5.77. The first-order valence-corrected chi connectivity index (χ1v) is 9.98. The number of nitrogens with zero attached hydrogens (tertiary/aromatic N) is 1. The third kappa shape index (κ3) is 6.53. The van der Waals surface area contributed by atoms with Crippen molar-refractivity contribution in [1.29, 1.82) is 0 Å². The van der Waals surface area contributed by atoms with E-state index < -0.39 is 0 Å². The first-order valence-electron chi connectivity index (χ1n) is 9.98. The van der Waals surface area contributed by atoms with E-state index in [-0.39, 0.29) is 23.7 Å². The molecule has 0 bridgehead atoms. The summed E-state index contributed by atoms with van der Waals surface area (Å²) in [4.78, 5) is 26.4. The molecule has 3 rings (SSSR count). The SMILES string of the molecule is O=C(COc1coc(CN2CCCCCC2)cc1=O)NCCc1ccccc1. The number of carbonyl (C=O) groups is 1. The molecule has 6 nitrogen and oxygen atoms in total. The highest BCUT2D eigenvalue weighted by Crippen LogP contribution is 2.14. The molecule has 0 saturated carbocycles. The van der Waals surface area contributed by atoms with Gasteiger partial charge >= 0.3 is 0 Å². The molecule has 2 heterocycles. The average molecular weight is 384 g/mol. The van der Waals surface area contributed by atoms with Crippen LogP contribution in [0.4, 0.5) is 0 Å². The van der Waals surface area contributed by atoms with Gasteiger partial charge in [0.2, 0.25) is 11.2 Å². The predicted octanol–water partition coefficient (Wildman–Crippen LogP) is 2.75. The van der Waals surface area contributed by atoms with Gasteiger partial charge in [-0.1, -0.05) is 43.2 Å². The summed E-state index contributed by atoms with van der Waals surface area (Å²) in [5.74, 6) is 0.438. The third-order valence-electron chi connectivity index (χ3n) is 4.87. The van der Waals surface area contributed by atoms with Crippen molar-refractivity contribution in [1.82, 2.24) is 10.2 Å². The molecule has 1 aromatic carbocycles. The molecule has 0 unspecified atom stereocenters. The predicted molar refractivity (Wildman–Crippen MR) is 107 cm³/mol. The lowest BCUT2D eigenvalue weighted by Gasteiger charge is -2.18. The van der Waals surface area contributed by atoms with Gasteiger partial charge in [0, 0.05) is 12.6 Å². The summed E-state index contributed by atoms with van der Waals surface area (Å²) >= 11 is 0. The van der Waals surface area contributed by atoms with Crippen molar-refractivity contribution >= 4 is 5.91 Å². The van der Waals surface area contributed by atoms with E-state index in [2.05, 4.69) is 10.2 Å². The van der Waals surface area contributed by atoms with Crippen molar-refractivity contribution < 1.29 is 13.9 Å². The molecule has 6 heteroatoms. The van der Waals surface area contributed by atoms with Gasteiger partial charge in [0.15, 0.2) is 6.61 Å². The lowest BCUT2D eigenvalue weighted by molar-refractivity contribution is -0.123. The minimum Gasteiger partial charge on any atom is -0.477 e. The molecule has 1 amide bonds. The molecule has 1 fully saturated rings. The van der Waals surface area contributed by atoms with Crippen LogP contribution in [-0.4, -0.2) is 37.0 Å². The summed E-state index contributed by atoms with van der Waals surface area (Å²) < 4.78 is 10.9. The van der Waals surface area contributed by atoms with E-state index >= 15 is 0 Å². The molecular weight excluding hydrogens is 356 g/mol. The van der Waals surface area contributed by atoms with Gasteiger partial charge in [0.05, 0.1) is 6.54 Å². The topological polar surface area (TPSA) is 71.8 Å². The van der Waals surface area contributed by atoms with Gasteiger partial charge in [-0.15, -0.1) is 0 Å². The molecule has 28 heavy (non-hydrogen) atoms. The minimum absolute atomic E-state index is 0.0674. The molecule has 2 aromatic rings. The summed E-state index contributed by atoms with van der Waals surface area (Å²) in [6.07, 6.45) is 6.96. The summed E-state index contributed by atoms with van der Waals surface area (Å²) in [6.45, 7) is 3.02. The lowest BCUT2D eigenvalue weighted by atomic mass is 10.1. The Morgan fingerprint density at radius 3 is 2.57 bits per heavy atom. The largest absolute Gasteiger partial charge is 0.477 e. The zero-order valence-corrected chi connectivity index (χ0v) is 16.2. The quantitative estimate of drug-likeness (QED) is 0.758. The van der Waals surface area contributed by atoms with Crippen molar-refractivity contribution in [2.24, 2.45) is 0 Å². The van der Waals surface area contributed by atoms with Crippen LogP contribution in [0.2, 0.25) is 0 Å². The Bertz CT molecular complexity index is 796. The fraction of sp³-hybridized carbons (Fsp3) is 0.455. The van der Waals surface area contributed by atoms with Crippen molar-refractivity contribution in [2.75, 3.05) is 26.2 Å². The molecular formula is C22H28N2O4. The van der Waals surface area contributed by atoms with Crippen LogP contribution < -0.4 is 15.5 Å². The number of benzene rings is 1. The van der Waals surface area contributed by atoms with E-state index in [1.165, 1.54) is 38.0 Å². The second kappa shape index (κ2) is 10.7. The standard InChI is InChI=1S/C22H28N2O4/c25-20-14-19(15-24-12-6-1-2-7-13-24)27-16-21(20)28-17-22(26)23-11-10-18-8-4-3-5-9-18/h3-5,8-9,14,16H,1-2,6-7,10-13,15,17H2,(H,23,26). The van der Waals surface area contributed by atoms with E-state index in [0.29, 0.717) is 18.8 Å². The first-order chi connectivity index (χ1) is 13.7. The Kier molecular flexibility index (Phi) is 7.67. The number of carbonyl (C=O) groups excluding carboxylic acids is 1. The van der Waals surface area contributed by atoms with E-state index in [4.69, 9.17) is 9.15 Å². The van der Waals surface area contributed by atoms with Gasteiger partial charge in [-0.2, -0.15) is 0 Å². The highest BCUT2D eigenvalue weighted by atomic mass is 16.5. The smallest absolute Gasteiger partial charge is 0.257 e. The average Bonchev–Trinajstić information content (AvgIpc) is 2.97. The fourth-order valence-corrected chi connectivity index (χ4v) is 3.33. The molecule has 1 saturated heterocycles. The maximum absolute atomic E-state index is 12.2. The first kappa shape index (κ1) is 20.1. The van der Waals surface area contributed by atoms with Crippen LogP contribution in [0.5, 0.6) is 5.75 Å². The molecule has 0 radical (unpaired) electrons. The van der Waals surface area contributed by atoms with Crippen molar-refractivity contribution in [2.45, 2.75) is 38.6 Å². The van der Waals surface area contributed by atoms with Crippen LogP contribution in [0.15, 0.2) is 51.9 Å². The van der Waals surface area contributed by atoms with Crippen LogP contribution in [0.25, 0.3) is 0 Å². The number of hydrogen-bond donors (Lipinski definition) is 1. The fourth-order valence-electron chi connectivity index (χ4n) is 3.33. The monoisotopic (exact) mass is 384 g/mol. The molecule has 1 N–H and O–H groups in total.